The first-order valence-electron chi connectivity index (χ1n) is 8.47. The van der Waals surface area contributed by atoms with Crippen molar-refractivity contribution < 1.29 is 18.0 Å². The van der Waals surface area contributed by atoms with Crippen molar-refractivity contribution in [2.75, 3.05) is 5.32 Å². The molecule has 0 heterocycles. The number of nitrogens with one attached hydrogen (secondary N) is 1. The van der Waals surface area contributed by atoms with Gasteiger partial charge < -0.3 is 5.32 Å². The van der Waals surface area contributed by atoms with E-state index in [4.69, 9.17) is 11.6 Å². The van der Waals surface area contributed by atoms with E-state index in [-0.39, 0.29) is 22.5 Å². The average molecular weight is 364 g/mol. The van der Waals surface area contributed by atoms with Gasteiger partial charge in [0.1, 0.15) is 0 Å². The summed E-state index contributed by atoms with van der Waals surface area (Å²) < 4.78 is 38.7. The molecule has 1 unspecified atom stereocenters. The lowest BCUT2D eigenvalue weighted by Crippen LogP contribution is -2.23. The molecule has 0 bridgehead atoms. The summed E-state index contributed by atoms with van der Waals surface area (Å²) in [5.41, 5.74) is -0.802. The van der Waals surface area contributed by atoms with Crippen molar-refractivity contribution in [3.63, 3.8) is 0 Å². The Morgan fingerprint density at radius 3 is 2.42 bits per heavy atom. The third-order valence-corrected chi connectivity index (χ3v) is 4.28. The van der Waals surface area contributed by atoms with Crippen LogP contribution in [0.2, 0.25) is 5.02 Å². The van der Waals surface area contributed by atoms with E-state index in [1.54, 1.807) is 0 Å². The molecule has 24 heavy (non-hydrogen) atoms. The van der Waals surface area contributed by atoms with Gasteiger partial charge in [0.15, 0.2) is 0 Å². The molecule has 0 aliphatic carbocycles. The van der Waals surface area contributed by atoms with Crippen molar-refractivity contribution in [2.24, 2.45) is 5.92 Å². The second-order valence-corrected chi connectivity index (χ2v) is 6.42. The fourth-order valence-electron chi connectivity index (χ4n) is 2.64. The Morgan fingerprint density at radius 1 is 1.12 bits per heavy atom. The average Bonchev–Trinajstić information content (AvgIpc) is 2.51. The minimum absolute atomic E-state index is 0.131. The van der Waals surface area contributed by atoms with Crippen molar-refractivity contribution in [1.29, 1.82) is 0 Å². The first-order valence-corrected chi connectivity index (χ1v) is 8.85. The van der Waals surface area contributed by atoms with Crippen molar-refractivity contribution in [1.82, 2.24) is 0 Å². The third-order valence-electron chi connectivity index (χ3n) is 3.95. The Kier molecular flexibility index (Phi) is 8.60. The second kappa shape index (κ2) is 9.92. The number of rotatable bonds is 9. The van der Waals surface area contributed by atoms with Crippen molar-refractivity contribution >= 4 is 23.2 Å². The zero-order valence-electron chi connectivity index (χ0n) is 14.2. The maximum absolute atomic E-state index is 12.9. The van der Waals surface area contributed by atoms with Gasteiger partial charge in [-0.25, -0.2) is 0 Å². The predicted octanol–water partition coefficient (Wildman–Crippen LogP) is 6.68. The van der Waals surface area contributed by atoms with Gasteiger partial charge in [-0.2, -0.15) is 13.2 Å². The van der Waals surface area contributed by atoms with E-state index in [0.717, 1.165) is 57.1 Å². The van der Waals surface area contributed by atoms with Gasteiger partial charge in [-0.05, 0) is 31.0 Å². The zero-order chi connectivity index (χ0) is 18.2. The molecule has 1 atom stereocenters. The molecule has 0 aliphatic rings. The number of carbonyl (C=O) groups excluding carboxylic acids is 1. The van der Waals surface area contributed by atoms with Gasteiger partial charge in [0, 0.05) is 11.6 Å². The number of benzene rings is 1. The molecule has 1 aromatic rings. The van der Waals surface area contributed by atoms with Crippen LogP contribution >= 0.6 is 11.6 Å². The Bertz CT molecular complexity index is 531. The maximum atomic E-state index is 12.9. The molecule has 0 fully saturated rings. The molecule has 1 N–H and O–H groups in total. The summed E-state index contributed by atoms with van der Waals surface area (Å²) >= 11 is 5.60. The Hall–Kier alpha value is -1.23. The monoisotopic (exact) mass is 363 g/mol. The molecule has 0 aliphatic heterocycles. The third kappa shape index (κ3) is 6.71. The van der Waals surface area contributed by atoms with Crippen molar-refractivity contribution in [2.45, 2.75) is 65.0 Å². The molecule has 0 aromatic heterocycles. The minimum atomic E-state index is -4.54. The van der Waals surface area contributed by atoms with Crippen LogP contribution in [0.25, 0.3) is 0 Å². The number of alkyl halides is 3. The first-order chi connectivity index (χ1) is 11.3. The van der Waals surface area contributed by atoms with Gasteiger partial charge in [0.2, 0.25) is 5.91 Å². The van der Waals surface area contributed by atoms with Crippen molar-refractivity contribution in [3.05, 3.63) is 28.8 Å². The standard InChI is InChI=1S/C18H25ClF3NO/c1-3-5-6-7-9-13(8-4-2)17(24)23-14-10-11-16(19)15(12-14)18(20,21)22/h10-13H,3-9H2,1-2H3,(H,23,24). The highest BCUT2D eigenvalue weighted by molar-refractivity contribution is 6.31. The molecule has 6 heteroatoms. The molecular formula is C18H25ClF3NO. The topological polar surface area (TPSA) is 29.1 Å². The lowest BCUT2D eigenvalue weighted by Gasteiger charge is -2.17. The van der Waals surface area contributed by atoms with Gasteiger partial charge in [0.25, 0.3) is 0 Å². The van der Waals surface area contributed by atoms with E-state index in [1.807, 2.05) is 6.92 Å². The molecule has 2 nitrogen and oxygen atoms in total. The molecule has 0 saturated carbocycles. The van der Waals surface area contributed by atoms with Crippen LogP contribution in [0.3, 0.4) is 0 Å². The normalized spacial score (nSPS) is 12.9. The molecule has 1 aromatic carbocycles. The summed E-state index contributed by atoms with van der Waals surface area (Å²) in [5, 5.41) is 2.24. The van der Waals surface area contributed by atoms with Crippen LogP contribution in [0, 0.1) is 5.92 Å². The summed E-state index contributed by atoms with van der Waals surface area (Å²) in [4.78, 5) is 12.4. The SMILES string of the molecule is CCCCCCC(CCC)C(=O)Nc1ccc(Cl)c(C(F)(F)F)c1. The van der Waals surface area contributed by atoms with Crippen LogP contribution in [0.4, 0.5) is 18.9 Å². The van der Waals surface area contributed by atoms with E-state index in [2.05, 4.69) is 12.2 Å². The smallest absolute Gasteiger partial charge is 0.326 e. The molecule has 1 rings (SSSR count). The van der Waals surface area contributed by atoms with Crippen LogP contribution < -0.4 is 5.32 Å². The lowest BCUT2D eigenvalue weighted by atomic mass is 9.95. The summed E-state index contributed by atoms with van der Waals surface area (Å²) in [7, 11) is 0. The summed E-state index contributed by atoms with van der Waals surface area (Å²) in [5.74, 6) is -0.388. The highest BCUT2D eigenvalue weighted by Gasteiger charge is 2.33. The number of anilines is 1. The van der Waals surface area contributed by atoms with Crippen LogP contribution in [0.5, 0.6) is 0 Å². The summed E-state index contributed by atoms with van der Waals surface area (Å²) in [6.45, 7) is 4.12. The van der Waals surface area contributed by atoms with Crippen LogP contribution in [0.1, 0.15) is 64.4 Å². The highest BCUT2D eigenvalue weighted by atomic mass is 35.5. The van der Waals surface area contributed by atoms with Gasteiger partial charge in [0.05, 0.1) is 10.6 Å². The highest BCUT2D eigenvalue weighted by Crippen LogP contribution is 2.36. The molecule has 0 radical (unpaired) electrons. The van der Waals surface area contributed by atoms with Gasteiger partial charge >= 0.3 is 6.18 Å². The van der Waals surface area contributed by atoms with Crippen LogP contribution in [-0.4, -0.2) is 5.91 Å². The number of hydrogen-bond acceptors (Lipinski definition) is 1. The summed E-state index contributed by atoms with van der Waals surface area (Å²) in [6, 6.07) is 3.45. The number of hydrogen-bond donors (Lipinski definition) is 1. The van der Waals surface area contributed by atoms with Crippen LogP contribution in [-0.2, 0) is 11.0 Å². The number of amides is 1. The van der Waals surface area contributed by atoms with Gasteiger partial charge in [-0.3, -0.25) is 4.79 Å². The van der Waals surface area contributed by atoms with E-state index in [9.17, 15) is 18.0 Å². The molecular weight excluding hydrogens is 339 g/mol. The molecule has 136 valence electrons. The fourth-order valence-corrected chi connectivity index (χ4v) is 2.86. The Labute approximate surface area is 146 Å². The zero-order valence-corrected chi connectivity index (χ0v) is 14.9. The number of carbonyl (C=O) groups is 1. The second-order valence-electron chi connectivity index (χ2n) is 6.02. The Morgan fingerprint density at radius 2 is 1.83 bits per heavy atom. The van der Waals surface area contributed by atoms with E-state index in [1.165, 1.54) is 6.07 Å². The molecule has 0 spiro atoms. The van der Waals surface area contributed by atoms with Gasteiger partial charge in [-0.1, -0.05) is 57.6 Å². The van der Waals surface area contributed by atoms with E-state index < -0.39 is 11.7 Å². The quantitative estimate of drug-likeness (QED) is 0.487. The molecule has 1 amide bonds. The minimum Gasteiger partial charge on any atom is -0.326 e. The predicted molar refractivity (Wildman–Crippen MR) is 92.2 cm³/mol. The first kappa shape index (κ1) is 20.8. The van der Waals surface area contributed by atoms with Gasteiger partial charge in [-0.15, -0.1) is 0 Å². The number of halogens is 4. The van der Waals surface area contributed by atoms with E-state index >= 15 is 0 Å². The van der Waals surface area contributed by atoms with Crippen LogP contribution in [0.15, 0.2) is 18.2 Å². The molecule has 0 saturated heterocycles. The Balaban J connectivity index is 2.76. The maximum Gasteiger partial charge on any atom is 0.417 e. The summed E-state index contributed by atoms with van der Waals surface area (Å²) in [6.07, 6.45) is 2.10. The lowest BCUT2D eigenvalue weighted by molar-refractivity contribution is -0.137. The number of unbranched alkanes of at least 4 members (excludes halogenated alkanes) is 3. The van der Waals surface area contributed by atoms with Crippen molar-refractivity contribution in [3.8, 4) is 0 Å². The fraction of sp³-hybridized carbons (Fsp3) is 0.611. The largest absolute Gasteiger partial charge is 0.417 e. The van der Waals surface area contributed by atoms with E-state index in [0.29, 0.717) is 0 Å².